The number of anilines is 1. The standard InChI is InChI=1S/C14H21N5O2/c1-5-21-12-7-6-10(8-11(12)15)13-16-17-18-19(13)9-14(2,3)20-4/h6-8H,5,9,15H2,1-4H3. The SMILES string of the molecule is CCOc1ccc(-c2nnnn2CC(C)(C)OC)cc1N. The number of methoxy groups -OCH3 is 1. The van der Waals surface area contributed by atoms with Crippen LogP contribution in [-0.2, 0) is 11.3 Å². The van der Waals surface area contributed by atoms with Gasteiger partial charge >= 0.3 is 0 Å². The molecule has 1 aromatic heterocycles. The zero-order chi connectivity index (χ0) is 15.5. The first-order chi connectivity index (χ1) is 9.96. The fourth-order valence-electron chi connectivity index (χ4n) is 1.92. The summed E-state index contributed by atoms with van der Waals surface area (Å²) in [6.45, 7) is 6.99. The van der Waals surface area contributed by atoms with E-state index in [0.29, 0.717) is 30.4 Å². The predicted molar refractivity (Wildman–Crippen MR) is 79.9 cm³/mol. The van der Waals surface area contributed by atoms with E-state index in [0.717, 1.165) is 5.56 Å². The minimum Gasteiger partial charge on any atom is -0.492 e. The molecule has 0 aliphatic carbocycles. The van der Waals surface area contributed by atoms with E-state index in [9.17, 15) is 0 Å². The minimum absolute atomic E-state index is 0.360. The van der Waals surface area contributed by atoms with Crippen LogP contribution in [0, 0.1) is 0 Å². The van der Waals surface area contributed by atoms with Crippen molar-refractivity contribution in [2.24, 2.45) is 0 Å². The number of nitrogens with zero attached hydrogens (tertiary/aromatic N) is 4. The van der Waals surface area contributed by atoms with Crippen LogP contribution in [0.4, 0.5) is 5.69 Å². The lowest BCUT2D eigenvalue weighted by Crippen LogP contribution is -2.30. The van der Waals surface area contributed by atoms with Gasteiger partial charge in [0, 0.05) is 12.7 Å². The molecule has 0 bridgehead atoms. The Balaban J connectivity index is 2.31. The molecule has 0 atom stereocenters. The number of tetrazole rings is 1. The van der Waals surface area contributed by atoms with E-state index < -0.39 is 0 Å². The number of ether oxygens (including phenoxy) is 2. The van der Waals surface area contributed by atoms with Gasteiger partial charge < -0.3 is 15.2 Å². The molecule has 0 amide bonds. The maximum atomic E-state index is 5.99. The van der Waals surface area contributed by atoms with Crippen LogP contribution in [0.15, 0.2) is 18.2 Å². The van der Waals surface area contributed by atoms with Crippen LogP contribution in [0.3, 0.4) is 0 Å². The van der Waals surface area contributed by atoms with Crippen LogP contribution in [0.1, 0.15) is 20.8 Å². The van der Waals surface area contributed by atoms with Gasteiger partial charge in [0.15, 0.2) is 5.82 Å². The predicted octanol–water partition coefficient (Wildman–Crippen LogP) is 1.75. The molecule has 0 saturated heterocycles. The molecular weight excluding hydrogens is 270 g/mol. The Bertz CT molecular complexity index is 609. The van der Waals surface area contributed by atoms with Crippen LogP contribution >= 0.6 is 0 Å². The van der Waals surface area contributed by atoms with E-state index in [4.69, 9.17) is 15.2 Å². The fourth-order valence-corrected chi connectivity index (χ4v) is 1.92. The second kappa shape index (κ2) is 6.09. The minimum atomic E-state index is -0.360. The molecule has 7 nitrogen and oxygen atoms in total. The summed E-state index contributed by atoms with van der Waals surface area (Å²) in [6, 6.07) is 5.53. The Morgan fingerprint density at radius 3 is 2.71 bits per heavy atom. The third kappa shape index (κ3) is 3.49. The summed E-state index contributed by atoms with van der Waals surface area (Å²) in [5.41, 5.74) is 7.03. The molecule has 2 N–H and O–H groups in total. The van der Waals surface area contributed by atoms with Crippen molar-refractivity contribution in [2.45, 2.75) is 32.9 Å². The van der Waals surface area contributed by atoms with Crippen molar-refractivity contribution < 1.29 is 9.47 Å². The van der Waals surface area contributed by atoms with Gasteiger partial charge in [-0.2, -0.15) is 0 Å². The highest BCUT2D eigenvalue weighted by Crippen LogP contribution is 2.27. The molecule has 0 radical (unpaired) electrons. The summed E-state index contributed by atoms with van der Waals surface area (Å²) < 4.78 is 12.6. The van der Waals surface area contributed by atoms with Crippen molar-refractivity contribution in [1.29, 1.82) is 0 Å². The molecule has 0 unspecified atom stereocenters. The smallest absolute Gasteiger partial charge is 0.182 e. The Labute approximate surface area is 124 Å². The van der Waals surface area contributed by atoms with Crippen molar-refractivity contribution >= 4 is 5.69 Å². The van der Waals surface area contributed by atoms with Crippen LogP contribution in [-0.4, -0.2) is 39.5 Å². The zero-order valence-corrected chi connectivity index (χ0v) is 12.8. The van der Waals surface area contributed by atoms with Crippen molar-refractivity contribution in [2.75, 3.05) is 19.5 Å². The second-order valence-corrected chi connectivity index (χ2v) is 5.31. The van der Waals surface area contributed by atoms with Crippen LogP contribution in [0.5, 0.6) is 5.75 Å². The lowest BCUT2D eigenvalue weighted by Gasteiger charge is -2.22. The summed E-state index contributed by atoms with van der Waals surface area (Å²) in [4.78, 5) is 0. The van der Waals surface area contributed by atoms with Gasteiger partial charge in [0.05, 0.1) is 24.4 Å². The Morgan fingerprint density at radius 1 is 1.33 bits per heavy atom. The molecule has 0 saturated carbocycles. The zero-order valence-electron chi connectivity index (χ0n) is 12.8. The maximum Gasteiger partial charge on any atom is 0.182 e. The van der Waals surface area contributed by atoms with Gasteiger partial charge in [0.2, 0.25) is 0 Å². The molecule has 0 aliphatic rings. The Kier molecular flexibility index (Phi) is 4.42. The van der Waals surface area contributed by atoms with Gasteiger partial charge in [-0.15, -0.1) is 5.10 Å². The molecular formula is C14H21N5O2. The van der Waals surface area contributed by atoms with E-state index in [1.165, 1.54) is 0 Å². The van der Waals surface area contributed by atoms with E-state index in [-0.39, 0.29) is 5.60 Å². The second-order valence-electron chi connectivity index (χ2n) is 5.31. The van der Waals surface area contributed by atoms with E-state index in [1.807, 2.05) is 39.0 Å². The summed E-state index contributed by atoms with van der Waals surface area (Å²) >= 11 is 0. The van der Waals surface area contributed by atoms with Crippen molar-refractivity contribution in [3.63, 3.8) is 0 Å². The quantitative estimate of drug-likeness (QED) is 0.816. The molecule has 7 heteroatoms. The molecule has 2 aromatic rings. The molecule has 2 rings (SSSR count). The summed E-state index contributed by atoms with van der Waals surface area (Å²) in [6.07, 6.45) is 0. The number of hydrogen-bond acceptors (Lipinski definition) is 6. The average molecular weight is 291 g/mol. The van der Waals surface area contributed by atoms with Crippen molar-refractivity contribution in [1.82, 2.24) is 20.2 Å². The lowest BCUT2D eigenvalue weighted by molar-refractivity contribution is 0.00538. The van der Waals surface area contributed by atoms with Crippen molar-refractivity contribution in [3.8, 4) is 17.1 Å². The van der Waals surface area contributed by atoms with Gasteiger partial charge in [-0.05, 0) is 49.4 Å². The first kappa shape index (κ1) is 15.2. The van der Waals surface area contributed by atoms with E-state index in [1.54, 1.807) is 11.8 Å². The molecule has 0 spiro atoms. The number of nitrogens with two attached hydrogens (primary N) is 1. The first-order valence-corrected chi connectivity index (χ1v) is 6.81. The Morgan fingerprint density at radius 2 is 2.10 bits per heavy atom. The highest BCUT2D eigenvalue weighted by Gasteiger charge is 2.21. The third-order valence-corrected chi connectivity index (χ3v) is 3.18. The first-order valence-electron chi connectivity index (χ1n) is 6.81. The monoisotopic (exact) mass is 291 g/mol. The molecule has 1 aromatic carbocycles. The number of rotatable bonds is 6. The third-order valence-electron chi connectivity index (χ3n) is 3.18. The van der Waals surface area contributed by atoms with Gasteiger partial charge in [0.25, 0.3) is 0 Å². The molecule has 21 heavy (non-hydrogen) atoms. The lowest BCUT2D eigenvalue weighted by atomic mass is 10.1. The molecule has 114 valence electrons. The van der Waals surface area contributed by atoms with Crippen molar-refractivity contribution in [3.05, 3.63) is 18.2 Å². The Hall–Kier alpha value is -2.15. The highest BCUT2D eigenvalue weighted by molar-refractivity contribution is 5.66. The largest absolute Gasteiger partial charge is 0.492 e. The molecule has 1 heterocycles. The molecule has 0 fully saturated rings. The van der Waals surface area contributed by atoms with Gasteiger partial charge in [-0.1, -0.05) is 0 Å². The number of hydrogen-bond donors (Lipinski definition) is 1. The fraction of sp³-hybridized carbons (Fsp3) is 0.500. The van der Waals surface area contributed by atoms with E-state index in [2.05, 4.69) is 15.5 Å². The van der Waals surface area contributed by atoms with Crippen LogP contribution in [0.25, 0.3) is 11.4 Å². The average Bonchev–Trinajstić information content (AvgIpc) is 2.88. The topological polar surface area (TPSA) is 88.1 Å². The summed E-state index contributed by atoms with van der Waals surface area (Å²) in [7, 11) is 1.67. The molecule has 0 aliphatic heterocycles. The van der Waals surface area contributed by atoms with Crippen LogP contribution < -0.4 is 10.5 Å². The summed E-state index contributed by atoms with van der Waals surface area (Å²) in [5.74, 6) is 1.31. The van der Waals surface area contributed by atoms with E-state index >= 15 is 0 Å². The normalized spacial score (nSPS) is 11.6. The number of aromatic nitrogens is 4. The van der Waals surface area contributed by atoms with Gasteiger partial charge in [0.1, 0.15) is 5.75 Å². The maximum absolute atomic E-state index is 5.99. The number of nitrogen functional groups attached to an aromatic ring is 1. The number of benzene rings is 1. The summed E-state index contributed by atoms with van der Waals surface area (Å²) in [5, 5.41) is 11.8. The highest BCUT2D eigenvalue weighted by atomic mass is 16.5. The van der Waals surface area contributed by atoms with Crippen LogP contribution in [0.2, 0.25) is 0 Å². The van der Waals surface area contributed by atoms with Gasteiger partial charge in [-0.3, -0.25) is 0 Å². The van der Waals surface area contributed by atoms with Gasteiger partial charge in [-0.25, -0.2) is 4.68 Å².